The molecule has 0 fully saturated rings. The maximum atomic E-state index is 13.6. The van der Waals surface area contributed by atoms with Gasteiger partial charge in [-0.05, 0) is 43.9 Å². The van der Waals surface area contributed by atoms with E-state index in [-0.39, 0.29) is 12.3 Å². The molecule has 1 aromatic carbocycles. The predicted molar refractivity (Wildman–Crippen MR) is 103 cm³/mol. The summed E-state index contributed by atoms with van der Waals surface area (Å²) in [5.74, 6) is -5.18. The topological polar surface area (TPSA) is 76.0 Å². The number of carbonyl (C=O) groups is 2. The molecule has 0 radical (unpaired) electrons. The van der Waals surface area contributed by atoms with Crippen molar-refractivity contribution in [3.8, 4) is 0 Å². The first-order chi connectivity index (χ1) is 13.6. The number of nitrogens with one attached hydrogen (secondary N) is 2. The summed E-state index contributed by atoms with van der Waals surface area (Å²) >= 11 is 0. The summed E-state index contributed by atoms with van der Waals surface area (Å²) in [6, 6.07) is 1.62. The Labute approximate surface area is 167 Å². The maximum absolute atomic E-state index is 13.6. The molecule has 0 saturated carbocycles. The highest BCUT2D eigenvalue weighted by Gasteiger charge is 2.17. The lowest BCUT2D eigenvalue weighted by atomic mass is 10.1. The van der Waals surface area contributed by atoms with Crippen LogP contribution >= 0.6 is 0 Å². The van der Waals surface area contributed by atoms with Crippen LogP contribution in [0, 0.1) is 37.2 Å². The predicted octanol–water partition coefficient (Wildman–Crippen LogP) is 3.26. The van der Waals surface area contributed by atoms with E-state index in [4.69, 9.17) is 0 Å². The van der Waals surface area contributed by atoms with Gasteiger partial charge >= 0.3 is 0 Å². The lowest BCUT2D eigenvalue weighted by molar-refractivity contribution is -0.124. The van der Waals surface area contributed by atoms with E-state index in [0.29, 0.717) is 18.4 Å². The van der Waals surface area contributed by atoms with Gasteiger partial charge < -0.3 is 10.6 Å². The van der Waals surface area contributed by atoms with Crippen molar-refractivity contribution in [2.45, 2.75) is 47.1 Å². The summed E-state index contributed by atoms with van der Waals surface area (Å²) in [5.41, 5.74) is 2.37. The molecule has 2 rings (SSSR count). The van der Waals surface area contributed by atoms with E-state index in [2.05, 4.69) is 29.6 Å². The number of amides is 2. The molecule has 0 aliphatic rings. The number of aromatic nitrogens is 2. The average Bonchev–Trinajstić information content (AvgIpc) is 2.91. The maximum Gasteiger partial charge on any atom is 0.243 e. The molecule has 2 amide bonds. The molecule has 0 aliphatic heterocycles. The first-order valence-corrected chi connectivity index (χ1v) is 9.33. The Morgan fingerprint density at radius 1 is 1.10 bits per heavy atom. The van der Waals surface area contributed by atoms with E-state index in [1.165, 1.54) is 0 Å². The molecular formula is C20H25F3N4O2. The van der Waals surface area contributed by atoms with E-state index in [9.17, 15) is 22.8 Å². The molecule has 2 aromatic rings. The zero-order valence-corrected chi connectivity index (χ0v) is 16.9. The van der Waals surface area contributed by atoms with Crippen molar-refractivity contribution >= 4 is 17.5 Å². The van der Waals surface area contributed by atoms with Crippen molar-refractivity contribution in [1.29, 1.82) is 0 Å². The van der Waals surface area contributed by atoms with Gasteiger partial charge in [-0.1, -0.05) is 13.8 Å². The fraction of sp³-hybridized carbons (Fsp3) is 0.450. The summed E-state index contributed by atoms with van der Waals surface area (Å²) < 4.78 is 41.6. The van der Waals surface area contributed by atoms with Crippen molar-refractivity contribution < 1.29 is 22.8 Å². The molecule has 6 nitrogen and oxygen atoms in total. The normalized spacial score (nSPS) is 11.0. The SMILES string of the molecule is Cc1nn(CC(C)C)c(C)c1CCC(=O)NCC(=O)Nc1ccc(F)c(F)c1F. The number of rotatable bonds is 8. The highest BCUT2D eigenvalue weighted by molar-refractivity contribution is 5.94. The van der Waals surface area contributed by atoms with Crippen LogP contribution < -0.4 is 10.6 Å². The molecule has 0 bridgehead atoms. The first-order valence-electron chi connectivity index (χ1n) is 9.33. The van der Waals surface area contributed by atoms with Crippen LogP contribution in [-0.4, -0.2) is 28.1 Å². The fourth-order valence-electron chi connectivity index (χ4n) is 2.94. The number of carbonyl (C=O) groups excluding carboxylic acids is 2. The molecular weight excluding hydrogens is 385 g/mol. The number of hydrogen-bond donors (Lipinski definition) is 2. The van der Waals surface area contributed by atoms with Crippen molar-refractivity contribution in [3.63, 3.8) is 0 Å². The summed E-state index contributed by atoms with van der Waals surface area (Å²) in [6.07, 6.45) is 0.628. The van der Waals surface area contributed by atoms with E-state index in [1.54, 1.807) is 0 Å². The summed E-state index contributed by atoms with van der Waals surface area (Å²) in [6.45, 7) is 8.42. The van der Waals surface area contributed by atoms with Gasteiger partial charge in [0.2, 0.25) is 11.8 Å². The number of benzene rings is 1. The quantitative estimate of drug-likeness (QED) is 0.656. The Bertz CT molecular complexity index is 910. The molecule has 1 aromatic heterocycles. The monoisotopic (exact) mass is 410 g/mol. The van der Waals surface area contributed by atoms with Crippen LogP contribution in [0.2, 0.25) is 0 Å². The lowest BCUT2D eigenvalue weighted by Crippen LogP contribution is -2.33. The number of anilines is 1. The second-order valence-electron chi connectivity index (χ2n) is 7.27. The van der Waals surface area contributed by atoms with Gasteiger partial charge in [0.1, 0.15) is 0 Å². The molecule has 1 heterocycles. The van der Waals surface area contributed by atoms with Crippen LogP contribution in [0.4, 0.5) is 18.9 Å². The summed E-state index contributed by atoms with van der Waals surface area (Å²) in [4.78, 5) is 23.9. The van der Waals surface area contributed by atoms with Crippen molar-refractivity contribution in [3.05, 3.63) is 46.5 Å². The number of hydrogen-bond acceptors (Lipinski definition) is 3. The lowest BCUT2D eigenvalue weighted by Gasteiger charge is -2.09. The highest BCUT2D eigenvalue weighted by Crippen LogP contribution is 2.19. The van der Waals surface area contributed by atoms with E-state index >= 15 is 0 Å². The third-order valence-corrected chi connectivity index (χ3v) is 4.43. The minimum absolute atomic E-state index is 0.155. The Hall–Kier alpha value is -2.84. The third kappa shape index (κ3) is 5.82. The summed E-state index contributed by atoms with van der Waals surface area (Å²) in [7, 11) is 0. The molecule has 2 N–H and O–H groups in total. The molecule has 9 heteroatoms. The molecule has 29 heavy (non-hydrogen) atoms. The molecule has 158 valence electrons. The van der Waals surface area contributed by atoms with Crippen LogP contribution in [0.5, 0.6) is 0 Å². The second-order valence-corrected chi connectivity index (χ2v) is 7.27. The van der Waals surface area contributed by atoms with E-state index < -0.39 is 35.6 Å². The zero-order valence-electron chi connectivity index (χ0n) is 16.9. The Morgan fingerprint density at radius 3 is 2.45 bits per heavy atom. The number of halogens is 3. The zero-order chi connectivity index (χ0) is 21.7. The Balaban J connectivity index is 1.85. The van der Waals surface area contributed by atoms with Crippen molar-refractivity contribution in [2.24, 2.45) is 5.92 Å². The Morgan fingerprint density at radius 2 is 1.79 bits per heavy atom. The van der Waals surface area contributed by atoms with Gasteiger partial charge in [0.05, 0.1) is 17.9 Å². The van der Waals surface area contributed by atoms with E-state index in [0.717, 1.165) is 29.6 Å². The minimum Gasteiger partial charge on any atom is -0.347 e. The van der Waals surface area contributed by atoms with Crippen LogP contribution in [0.15, 0.2) is 12.1 Å². The largest absolute Gasteiger partial charge is 0.347 e. The number of nitrogens with zero attached hydrogens (tertiary/aromatic N) is 2. The van der Waals surface area contributed by atoms with Crippen LogP contribution in [0.1, 0.15) is 37.2 Å². The van der Waals surface area contributed by atoms with E-state index in [1.807, 2.05) is 18.5 Å². The van der Waals surface area contributed by atoms with Gasteiger partial charge in [-0.2, -0.15) is 5.10 Å². The van der Waals surface area contributed by atoms with Gasteiger partial charge in [-0.25, -0.2) is 13.2 Å². The smallest absolute Gasteiger partial charge is 0.243 e. The van der Waals surface area contributed by atoms with Gasteiger partial charge in [0, 0.05) is 18.7 Å². The third-order valence-electron chi connectivity index (χ3n) is 4.43. The fourth-order valence-corrected chi connectivity index (χ4v) is 2.94. The second kappa shape index (κ2) is 9.58. The molecule has 0 atom stereocenters. The first kappa shape index (κ1) is 22.4. The number of aryl methyl sites for hydroxylation is 1. The summed E-state index contributed by atoms with van der Waals surface area (Å²) in [5, 5.41) is 9.03. The van der Waals surface area contributed by atoms with Crippen LogP contribution in [0.3, 0.4) is 0 Å². The standard InChI is InChI=1S/C20H25F3N4O2/c1-11(2)10-27-13(4)14(12(3)26-27)5-8-17(28)24-9-18(29)25-16-7-6-15(21)19(22)20(16)23/h6-7,11H,5,8-10H2,1-4H3,(H,24,28)(H,25,29). The van der Waals surface area contributed by atoms with Gasteiger partial charge in [0.25, 0.3) is 0 Å². The van der Waals surface area contributed by atoms with Crippen LogP contribution in [-0.2, 0) is 22.6 Å². The molecule has 0 aliphatic carbocycles. The molecule has 0 unspecified atom stereocenters. The molecule has 0 saturated heterocycles. The molecule has 0 spiro atoms. The van der Waals surface area contributed by atoms with Crippen molar-refractivity contribution in [1.82, 2.24) is 15.1 Å². The van der Waals surface area contributed by atoms with Gasteiger partial charge in [-0.15, -0.1) is 0 Å². The van der Waals surface area contributed by atoms with Gasteiger partial charge in [-0.3, -0.25) is 14.3 Å². The minimum atomic E-state index is -1.67. The van der Waals surface area contributed by atoms with Gasteiger partial charge in [0.15, 0.2) is 17.5 Å². The average molecular weight is 410 g/mol. The van der Waals surface area contributed by atoms with Crippen LogP contribution in [0.25, 0.3) is 0 Å². The van der Waals surface area contributed by atoms with Crippen molar-refractivity contribution in [2.75, 3.05) is 11.9 Å². The highest BCUT2D eigenvalue weighted by atomic mass is 19.2. The Kier molecular flexibility index (Phi) is 7.41.